The fourth-order valence-corrected chi connectivity index (χ4v) is 2.55. The number of halogens is 3. The van der Waals surface area contributed by atoms with Crippen LogP contribution in [0.3, 0.4) is 0 Å². The van der Waals surface area contributed by atoms with Crippen molar-refractivity contribution < 1.29 is 4.39 Å². The Balaban J connectivity index is 2.26. The van der Waals surface area contributed by atoms with Crippen LogP contribution in [0.1, 0.15) is 22.7 Å². The highest BCUT2D eigenvalue weighted by Gasteiger charge is 2.14. The zero-order valence-corrected chi connectivity index (χ0v) is 12.5. The molecule has 3 N–H and O–H groups in total. The zero-order chi connectivity index (χ0) is 14.7. The maximum Gasteiger partial charge on any atom is 0.126 e. The van der Waals surface area contributed by atoms with Gasteiger partial charge in [0.05, 0.1) is 6.04 Å². The predicted molar refractivity (Wildman–Crippen MR) is 81.4 cm³/mol. The standard InChI is InChI=1S/C15H15Cl2FN2/c1-9-6-11(3-5-14(9)18)15(20-19)7-10-2-4-12(16)8-13(10)17/h2-6,8,15,20H,7,19H2,1H3. The highest BCUT2D eigenvalue weighted by Crippen LogP contribution is 2.26. The molecule has 0 aliphatic heterocycles. The summed E-state index contributed by atoms with van der Waals surface area (Å²) in [6.45, 7) is 1.72. The Labute approximate surface area is 127 Å². The van der Waals surface area contributed by atoms with E-state index in [1.54, 1.807) is 31.2 Å². The Hall–Kier alpha value is -1.13. The van der Waals surface area contributed by atoms with Crippen molar-refractivity contribution in [1.29, 1.82) is 0 Å². The molecule has 2 rings (SSSR count). The van der Waals surface area contributed by atoms with Gasteiger partial charge in [-0.15, -0.1) is 0 Å². The summed E-state index contributed by atoms with van der Waals surface area (Å²) >= 11 is 12.0. The van der Waals surface area contributed by atoms with Crippen LogP contribution in [0.25, 0.3) is 0 Å². The van der Waals surface area contributed by atoms with Gasteiger partial charge in [0.1, 0.15) is 5.82 Å². The monoisotopic (exact) mass is 312 g/mol. The van der Waals surface area contributed by atoms with Gasteiger partial charge in [0.15, 0.2) is 0 Å². The van der Waals surface area contributed by atoms with E-state index in [2.05, 4.69) is 5.43 Å². The molecular formula is C15H15Cl2FN2. The molecule has 0 radical (unpaired) electrons. The molecule has 1 atom stereocenters. The minimum absolute atomic E-state index is 0.145. The van der Waals surface area contributed by atoms with Crippen molar-refractivity contribution in [2.75, 3.05) is 0 Å². The first-order chi connectivity index (χ1) is 9.51. The molecule has 2 aromatic carbocycles. The van der Waals surface area contributed by atoms with E-state index in [1.165, 1.54) is 6.07 Å². The van der Waals surface area contributed by atoms with E-state index in [-0.39, 0.29) is 11.9 Å². The molecule has 1 unspecified atom stereocenters. The maximum absolute atomic E-state index is 13.3. The Morgan fingerprint density at radius 1 is 1.20 bits per heavy atom. The molecule has 0 aromatic heterocycles. The molecule has 0 saturated carbocycles. The van der Waals surface area contributed by atoms with E-state index < -0.39 is 0 Å². The van der Waals surface area contributed by atoms with E-state index in [1.807, 2.05) is 6.07 Å². The average molecular weight is 313 g/mol. The van der Waals surface area contributed by atoms with Crippen molar-refractivity contribution in [3.8, 4) is 0 Å². The molecule has 2 nitrogen and oxygen atoms in total. The van der Waals surface area contributed by atoms with Gasteiger partial charge in [-0.05, 0) is 48.2 Å². The van der Waals surface area contributed by atoms with Gasteiger partial charge in [-0.2, -0.15) is 0 Å². The number of hydrogen-bond donors (Lipinski definition) is 2. The summed E-state index contributed by atoms with van der Waals surface area (Å²) < 4.78 is 13.3. The quantitative estimate of drug-likeness (QED) is 0.656. The second-order valence-corrected chi connectivity index (χ2v) is 5.51. The van der Waals surface area contributed by atoms with Gasteiger partial charge in [0.25, 0.3) is 0 Å². The molecule has 106 valence electrons. The van der Waals surface area contributed by atoms with E-state index in [4.69, 9.17) is 29.0 Å². The maximum atomic E-state index is 13.3. The van der Waals surface area contributed by atoms with Crippen LogP contribution in [0.4, 0.5) is 4.39 Å². The van der Waals surface area contributed by atoms with E-state index in [0.29, 0.717) is 22.0 Å². The fraction of sp³-hybridized carbons (Fsp3) is 0.200. The van der Waals surface area contributed by atoms with E-state index >= 15 is 0 Å². The van der Waals surface area contributed by atoms with Crippen LogP contribution in [0.5, 0.6) is 0 Å². The summed E-state index contributed by atoms with van der Waals surface area (Å²) in [7, 11) is 0. The lowest BCUT2D eigenvalue weighted by atomic mass is 9.98. The molecule has 0 spiro atoms. The zero-order valence-electron chi connectivity index (χ0n) is 11.0. The molecule has 2 aromatic rings. The van der Waals surface area contributed by atoms with Gasteiger partial charge in [-0.25, -0.2) is 4.39 Å². The minimum atomic E-state index is -0.228. The summed E-state index contributed by atoms with van der Waals surface area (Å²) in [6.07, 6.45) is 0.595. The summed E-state index contributed by atoms with van der Waals surface area (Å²) in [6, 6.07) is 10.1. The molecule has 0 aliphatic rings. The first-order valence-corrected chi connectivity index (χ1v) is 6.93. The van der Waals surface area contributed by atoms with Gasteiger partial charge in [-0.3, -0.25) is 11.3 Å². The highest BCUT2D eigenvalue weighted by atomic mass is 35.5. The van der Waals surface area contributed by atoms with Crippen LogP contribution in [0.2, 0.25) is 10.0 Å². The molecule has 0 fully saturated rings. The summed E-state index contributed by atoms with van der Waals surface area (Å²) in [5.41, 5.74) is 5.17. The third-order valence-corrected chi connectivity index (χ3v) is 3.81. The van der Waals surface area contributed by atoms with Gasteiger partial charge >= 0.3 is 0 Å². The number of benzene rings is 2. The first-order valence-electron chi connectivity index (χ1n) is 6.17. The third kappa shape index (κ3) is 3.49. The van der Waals surface area contributed by atoms with Gasteiger partial charge < -0.3 is 0 Å². The number of hydrogen-bond acceptors (Lipinski definition) is 2. The highest BCUT2D eigenvalue weighted by molar-refractivity contribution is 6.35. The summed E-state index contributed by atoms with van der Waals surface area (Å²) in [5.74, 6) is 5.38. The van der Waals surface area contributed by atoms with Crippen molar-refractivity contribution in [2.24, 2.45) is 5.84 Å². The average Bonchev–Trinajstić information content (AvgIpc) is 2.41. The van der Waals surface area contributed by atoms with E-state index in [0.717, 1.165) is 11.1 Å². The Bertz CT molecular complexity index is 617. The molecule has 0 bridgehead atoms. The van der Waals surface area contributed by atoms with Gasteiger partial charge in [-0.1, -0.05) is 41.4 Å². The van der Waals surface area contributed by atoms with Crippen LogP contribution in [0, 0.1) is 12.7 Å². The molecule has 0 amide bonds. The van der Waals surface area contributed by atoms with Crippen molar-refractivity contribution in [2.45, 2.75) is 19.4 Å². The normalized spacial score (nSPS) is 12.4. The number of nitrogens with one attached hydrogen (secondary N) is 1. The van der Waals surface area contributed by atoms with Crippen LogP contribution < -0.4 is 11.3 Å². The predicted octanol–water partition coefficient (Wildman–Crippen LogP) is 4.19. The first kappa shape index (κ1) is 15.3. The Morgan fingerprint density at radius 2 is 1.95 bits per heavy atom. The van der Waals surface area contributed by atoms with Crippen molar-refractivity contribution >= 4 is 23.2 Å². The van der Waals surface area contributed by atoms with Crippen LogP contribution in [-0.4, -0.2) is 0 Å². The molecular weight excluding hydrogens is 298 g/mol. The molecule has 0 heterocycles. The van der Waals surface area contributed by atoms with Crippen LogP contribution in [0.15, 0.2) is 36.4 Å². The summed E-state index contributed by atoms with van der Waals surface area (Å²) in [5, 5.41) is 1.19. The number of hydrazine groups is 1. The Morgan fingerprint density at radius 3 is 2.55 bits per heavy atom. The number of rotatable bonds is 4. The number of nitrogens with two attached hydrogens (primary N) is 1. The third-order valence-electron chi connectivity index (χ3n) is 3.22. The minimum Gasteiger partial charge on any atom is -0.271 e. The lowest BCUT2D eigenvalue weighted by Crippen LogP contribution is -2.29. The Kier molecular flexibility index (Phi) is 5.00. The second-order valence-electron chi connectivity index (χ2n) is 4.67. The van der Waals surface area contributed by atoms with Crippen molar-refractivity contribution in [3.63, 3.8) is 0 Å². The molecule has 0 aliphatic carbocycles. The van der Waals surface area contributed by atoms with Crippen LogP contribution >= 0.6 is 23.2 Å². The van der Waals surface area contributed by atoms with Crippen molar-refractivity contribution in [3.05, 3.63) is 69.0 Å². The second kappa shape index (κ2) is 6.55. The summed E-state index contributed by atoms with van der Waals surface area (Å²) in [4.78, 5) is 0. The topological polar surface area (TPSA) is 38.0 Å². The lowest BCUT2D eigenvalue weighted by molar-refractivity contribution is 0.548. The fourth-order valence-electron chi connectivity index (χ4n) is 2.06. The molecule has 5 heteroatoms. The number of aryl methyl sites for hydroxylation is 1. The smallest absolute Gasteiger partial charge is 0.126 e. The molecule has 20 heavy (non-hydrogen) atoms. The van der Waals surface area contributed by atoms with E-state index in [9.17, 15) is 4.39 Å². The SMILES string of the molecule is Cc1cc(C(Cc2ccc(Cl)cc2Cl)NN)ccc1F. The molecule has 0 saturated heterocycles. The van der Waals surface area contributed by atoms with Gasteiger partial charge in [0, 0.05) is 10.0 Å². The van der Waals surface area contributed by atoms with Crippen LogP contribution in [-0.2, 0) is 6.42 Å². The van der Waals surface area contributed by atoms with Crippen molar-refractivity contribution in [1.82, 2.24) is 5.43 Å². The lowest BCUT2D eigenvalue weighted by Gasteiger charge is -2.18. The largest absolute Gasteiger partial charge is 0.271 e. The van der Waals surface area contributed by atoms with Gasteiger partial charge in [0.2, 0.25) is 0 Å².